The Balaban J connectivity index is 2.25. The van der Waals surface area contributed by atoms with E-state index in [4.69, 9.17) is 4.74 Å². The molecule has 1 heterocycles. The molecule has 17 heavy (non-hydrogen) atoms. The van der Waals surface area contributed by atoms with Crippen LogP contribution >= 0.6 is 0 Å². The smallest absolute Gasteiger partial charge is 0.324 e. The van der Waals surface area contributed by atoms with E-state index in [-0.39, 0.29) is 12.0 Å². The van der Waals surface area contributed by atoms with Crippen LogP contribution in [0, 0.1) is 0 Å². The van der Waals surface area contributed by atoms with Crippen molar-refractivity contribution >= 4 is 11.8 Å². The fraction of sp³-hybridized carbons (Fsp3) is 0.833. The predicted octanol–water partition coefficient (Wildman–Crippen LogP) is 0.193. The normalized spacial score (nSPS) is 21.2. The summed E-state index contributed by atoms with van der Waals surface area (Å²) in [4.78, 5) is 24.8. The molecule has 1 rings (SSSR count). The van der Waals surface area contributed by atoms with E-state index in [2.05, 4.69) is 10.2 Å². The summed E-state index contributed by atoms with van der Waals surface area (Å²) in [6, 6.07) is -0.226. The van der Waals surface area contributed by atoms with E-state index in [1.165, 1.54) is 7.11 Å². The molecule has 0 spiro atoms. The van der Waals surface area contributed by atoms with Crippen molar-refractivity contribution in [2.45, 2.75) is 32.2 Å². The summed E-state index contributed by atoms with van der Waals surface area (Å²) in [7, 11) is 1.41. The van der Waals surface area contributed by atoms with E-state index < -0.39 is 0 Å². The molecule has 1 fully saturated rings. The third-order valence-electron chi connectivity index (χ3n) is 3.07. The first kappa shape index (κ1) is 14.1. The maximum absolute atomic E-state index is 11.4. The second-order valence-corrected chi connectivity index (χ2v) is 4.33. The Kier molecular flexibility index (Phi) is 6.15. The number of hydrogen-bond donors (Lipinski definition) is 1. The van der Waals surface area contributed by atoms with Crippen LogP contribution in [0.15, 0.2) is 0 Å². The lowest BCUT2D eigenvalue weighted by atomic mass is 10.1. The Morgan fingerprint density at radius 3 is 2.88 bits per heavy atom. The van der Waals surface area contributed by atoms with Crippen LogP contribution in [0.25, 0.3) is 0 Å². The minimum atomic E-state index is -0.226. The van der Waals surface area contributed by atoms with E-state index in [1.54, 1.807) is 0 Å². The minimum Gasteiger partial charge on any atom is -0.468 e. The van der Waals surface area contributed by atoms with Crippen molar-refractivity contribution in [3.8, 4) is 0 Å². The van der Waals surface area contributed by atoms with Gasteiger partial charge in [0, 0.05) is 32.5 Å². The van der Waals surface area contributed by atoms with Gasteiger partial charge in [0.1, 0.15) is 11.8 Å². The number of carbonyl (C=O) groups excluding carboxylic acids is 2. The van der Waals surface area contributed by atoms with Crippen LogP contribution in [-0.4, -0.2) is 56.0 Å². The molecule has 5 heteroatoms. The van der Waals surface area contributed by atoms with Gasteiger partial charge in [-0.25, -0.2) is 0 Å². The number of esters is 1. The second-order valence-electron chi connectivity index (χ2n) is 4.33. The number of Topliss-reactive ketones (excluding diaryl/α,β-unsaturated/α-hetero) is 1. The summed E-state index contributed by atoms with van der Waals surface area (Å²) >= 11 is 0. The lowest BCUT2D eigenvalue weighted by Crippen LogP contribution is -2.54. The summed E-state index contributed by atoms with van der Waals surface area (Å²) < 4.78 is 4.72. The number of nitrogens with one attached hydrogen (secondary N) is 1. The van der Waals surface area contributed by atoms with Crippen LogP contribution in [0.1, 0.15) is 26.2 Å². The number of methoxy groups -OCH3 is 1. The third-order valence-corrected chi connectivity index (χ3v) is 3.07. The van der Waals surface area contributed by atoms with Gasteiger partial charge in [-0.05, 0) is 13.0 Å². The van der Waals surface area contributed by atoms with Gasteiger partial charge in [-0.1, -0.05) is 6.92 Å². The van der Waals surface area contributed by atoms with Crippen LogP contribution in [0.4, 0.5) is 0 Å². The van der Waals surface area contributed by atoms with Crippen molar-refractivity contribution < 1.29 is 14.3 Å². The van der Waals surface area contributed by atoms with Gasteiger partial charge in [-0.2, -0.15) is 0 Å². The molecule has 98 valence electrons. The molecule has 0 amide bonds. The van der Waals surface area contributed by atoms with Crippen molar-refractivity contribution in [2.24, 2.45) is 0 Å². The molecule has 0 aromatic carbocycles. The Morgan fingerprint density at radius 1 is 1.47 bits per heavy atom. The van der Waals surface area contributed by atoms with Gasteiger partial charge in [0.2, 0.25) is 0 Å². The second kappa shape index (κ2) is 7.40. The Hall–Kier alpha value is -0.940. The molecule has 1 unspecified atom stereocenters. The summed E-state index contributed by atoms with van der Waals surface area (Å²) in [5.74, 6) is 0.101. The highest BCUT2D eigenvalue weighted by Crippen LogP contribution is 2.04. The molecule has 0 aromatic rings. The third kappa shape index (κ3) is 4.83. The number of ether oxygens (including phenoxy) is 1. The van der Waals surface area contributed by atoms with Crippen molar-refractivity contribution in [2.75, 3.05) is 33.3 Å². The molecule has 1 N–H and O–H groups in total. The van der Waals surface area contributed by atoms with Crippen molar-refractivity contribution in [3.05, 3.63) is 0 Å². The minimum absolute atomic E-state index is 0.209. The van der Waals surface area contributed by atoms with E-state index in [9.17, 15) is 9.59 Å². The van der Waals surface area contributed by atoms with Gasteiger partial charge in [-0.3, -0.25) is 14.5 Å². The largest absolute Gasteiger partial charge is 0.468 e. The highest BCUT2D eigenvalue weighted by atomic mass is 16.5. The Bertz CT molecular complexity index is 268. The number of ketones is 1. The van der Waals surface area contributed by atoms with Crippen LogP contribution < -0.4 is 5.32 Å². The highest BCUT2D eigenvalue weighted by molar-refractivity contribution is 5.78. The summed E-state index contributed by atoms with van der Waals surface area (Å²) in [5, 5.41) is 3.13. The van der Waals surface area contributed by atoms with Gasteiger partial charge < -0.3 is 10.1 Å². The van der Waals surface area contributed by atoms with E-state index in [1.807, 2.05) is 6.92 Å². The fourth-order valence-electron chi connectivity index (χ4n) is 1.99. The first-order valence-electron chi connectivity index (χ1n) is 6.22. The molecule has 1 atom stereocenters. The topological polar surface area (TPSA) is 58.6 Å². The lowest BCUT2D eigenvalue weighted by Gasteiger charge is -2.32. The lowest BCUT2D eigenvalue weighted by molar-refractivity contribution is -0.144. The molecule has 0 saturated carbocycles. The zero-order valence-electron chi connectivity index (χ0n) is 10.7. The number of piperazine rings is 1. The van der Waals surface area contributed by atoms with Crippen LogP contribution in [0.2, 0.25) is 0 Å². The molecule has 0 bridgehead atoms. The first-order valence-corrected chi connectivity index (χ1v) is 6.22. The van der Waals surface area contributed by atoms with Crippen molar-refractivity contribution in [3.63, 3.8) is 0 Å². The molecule has 0 radical (unpaired) electrons. The number of nitrogens with zero attached hydrogens (tertiary/aromatic N) is 1. The SMILES string of the molecule is CCC(=O)CCCN1CCNC(C(=O)OC)C1. The van der Waals surface area contributed by atoms with Gasteiger partial charge in [-0.15, -0.1) is 0 Å². The maximum atomic E-state index is 11.4. The zero-order chi connectivity index (χ0) is 12.7. The average Bonchev–Trinajstić information content (AvgIpc) is 2.38. The first-order chi connectivity index (χ1) is 8.17. The molecule has 1 aliphatic heterocycles. The molecule has 5 nitrogen and oxygen atoms in total. The molecular formula is C12H22N2O3. The number of carbonyl (C=O) groups is 2. The number of rotatable bonds is 6. The zero-order valence-corrected chi connectivity index (χ0v) is 10.7. The van der Waals surface area contributed by atoms with Gasteiger partial charge >= 0.3 is 5.97 Å². The van der Waals surface area contributed by atoms with Crippen LogP contribution in [0.3, 0.4) is 0 Å². The van der Waals surface area contributed by atoms with Gasteiger partial charge in [0.05, 0.1) is 7.11 Å². The van der Waals surface area contributed by atoms with E-state index in [0.717, 1.165) is 26.1 Å². The maximum Gasteiger partial charge on any atom is 0.324 e. The average molecular weight is 242 g/mol. The predicted molar refractivity (Wildman–Crippen MR) is 64.8 cm³/mol. The molecule has 1 aliphatic rings. The molecule has 0 aromatic heterocycles. The molecular weight excluding hydrogens is 220 g/mol. The fourth-order valence-corrected chi connectivity index (χ4v) is 1.99. The summed E-state index contributed by atoms with van der Waals surface area (Å²) in [5.41, 5.74) is 0. The van der Waals surface area contributed by atoms with Crippen molar-refractivity contribution in [1.82, 2.24) is 10.2 Å². The van der Waals surface area contributed by atoms with E-state index in [0.29, 0.717) is 25.2 Å². The quantitative estimate of drug-likeness (QED) is 0.674. The number of hydrogen-bond acceptors (Lipinski definition) is 5. The summed E-state index contributed by atoms with van der Waals surface area (Å²) in [6.07, 6.45) is 2.14. The van der Waals surface area contributed by atoms with Gasteiger partial charge in [0.15, 0.2) is 0 Å². The van der Waals surface area contributed by atoms with Crippen LogP contribution in [0.5, 0.6) is 0 Å². The van der Waals surface area contributed by atoms with E-state index >= 15 is 0 Å². The van der Waals surface area contributed by atoms with Gasteiger partial charge in [0.25, 0.3) is 0 Å². The standard InChI is InChI=1S/C12H22N2O3/c1-3-10(15)5-4-7-14-8-6-13-11(9-14)12(16)17-2/h11,13H,3-9H2,1-2H3. The Morgan fingerprint density at radius 2 is 2.24 bits per heavy atom. The molecule has 0 aliphatic carbocycles. The summed E-state index contributed by atoms with van der Waals surface area (Å²) in [6.45, 7) is 5.16. The molecule has 1 saturated heterocycles. The monoisotopic (exact) mass is 242 g/mol. The van der Waals surface area contributed by atoms with Crippen LogP contribution in [-0.2, 0) is 14.3 Å². The van der Waals surface area contributed by atoms with Crippen molar-refractivity contribution in [1.29, 1.82) is 0 Å². The Labute approximate surface area is 102 Å². The highest BCUT2D eigenvalue weighted by Gasteiger charge is 2.25.